The van der Waals surface area contributed by atoms with Crippen LogP contribution in [0.25, 0.3) is 0 Å². The molecular weight excluding hydrogens is 288 g/mol. The molecule has 21 heavy (non-hydrogen) atoms. The Morgan fingerprint density at radius 3 is 2.90 bits per heavy atom. The number of carbonyl (C=O) groups excluding carboxylic acids is 1. The summed E-state index contributed by atoms with van der Waals surface area (Å²) in [4.78, 5) is 12.2. The van der Waals surface area contributed by atoms with Crippen LogP contribution < -0.4 is 15.4 Å². The zero-order valence-electron chi connectivity index (χ0n) is 12.9. The lowest BCUT2D eigenvalue weighted by molar-refractivity contribution is 0.0928. The van der Waals surface area contributed by atoms with Gasteiger partial charge in [0.1, 0.15) is 5.75 Å². The zero-order chi connectivity index (χ0) is 14.6. The van der Waals surface area contributed by atoms with E-state index in [1.54, 1.807) is 19.2 Å². The topological polar surface area (TPSA) is 50.4 Å². The van der Waals surface area contributed by atoms with Gasteiger partial charge in [-0.15, -0.1) is 12.4 Å². The lowest BCUT2D eigenvalue weighted by atomic mass is 9.77. The summed E-state index contributed by atoms with van der Waals surface area (Å²) in [6, 6.07) is 7.55. The Morgan fingerprint density at radius 1 is 1.48 bits per heavy atom. The maximum atomic E-state index is 12.2. The van der Waals surface area contributed by atoms with Gasteiger partial charge in [-0.1, -0.05) is 19.9 Å². The molecule has 1 fully saturated rings. The number of methoxy groups -OCH3 is 1. The molecule has 1 amide bonds. The van der Waals surface area contributed by atoms with Crippen molar-refractivity contribution >= 4 is 18.3 Å². The van der Waals surface area contributed by atoms with E-state index in [0.717, 1.165) is 6.54 Å². The predicted molar refractivity (Wildman–Crippen MR) is 87.4 cm³/mol. The highest BCUT2D eigenvalue weighted by Gasteiger charge is 2.31. The van der Waals surface area contributed by atoms with Gasteiger partial charge in [0.15, 0.2) is 0 Å². The lowest BCUT2D eigenvalue weighted by Crippen LogP contribution is -2.52. The quantitative estimate of drug-likeness (QED) is 0.898. The molecule has 0 aromatic heterocycles. The fourth-order valence-electron chi connectivity index (χ4n) is 2.68. The highest BCUT2D eigenvalue weighted by atomic mass is 35.5. The Morgan fingerprint density at radius 2 is 2.24 bits per heavy atom. The molecular formula is C16H25ClN2O2. The largest absolute Gasteiger partial charge is 0.497 e. The average Bonchev–Trinajstić information content (AvgIpc) is 2.45. The van der Waals surface area contributed by atoms with Gasteiger partial charge in [0.05, 0.1) is 7.11 Å². The van der Waals surface area contributed by atoms with Crippen LogP contribution in [-0.4, -0.2) is 32.1 Å². The smallest absolute Gasteiger partial charge is 0.251 e. The van der Waals surface area contributed by atoms with Crippen molar-refractivity contribution in [2.24, 2.45) is 5.41 Å². The van der Waals surface area contributed by atoms with Gasteiger partial charge in [-0.3, -0.25) is 4.79 Å². The maximum Gasteiger partial charge on any atom is 0.251 e. The summed E-state index contributed by atoms with van der Waals surface area (Å²) in [7, 11) is 1.60. The highest BCUT2D eigenvalue weighted by molar-refractivity contribution is 5.94. The fraction of sp³-hybridized carbons (Fsp3) is 0.562. The second-order valence-corrected chi connectivity index (χ2v) is 6.04. The Bertz CT molecular complexity index is 477. The van der Waals surface area contributed by atoms with Gasteiger partial charge in [-0.25, -0.2) is 0 Å². The average molecular weight is 313 g/mol. The third-order valence-electron chi connectivity index (χ3n) is 4.13. The second kappa shape index (κ2) is 7.66. The molecule has 0 radical (unpaired) electrons. The third-order valence-corrected chi connectivity index (χ3v) is 4.13. The van der Waals surface area contributed by atoms with Crippen LogP contribution in [-0.2, 0) is 0 Å². The van der Waals surface area contributed by atoms with Gasteiger partial charge in [0.25, 0.3) is 5.91 Å². The first-order chi connectivity index (χ1) is 9.53. The molecule has 0 spiro atoms. The van der Waals surface area contributed by atoms with E-state index in [1.807, 2.05) is 12.1 Å². The van der Waals surface area contributed by atoms with Gasteiger partial charge in [0.2, 0.25) is 0 Å². The molecule has 0 bridgehead atoms. The predicted octanol–water partition coefficient (Wildman–Crippen LogP) is 2.63. The number of ether oxygens (including phenoxy) is 1. The van der Waals surface area contributed by atoms with Crippen molar-refractivity contribution in [3.05, 3.63) is 29.8 Å². The van der Waals surface area contributed by atoms with Crippen molar-refractivity contribution in [2.75, 3.05) is 20.2 Å². The highest BCUT2D eigenvalue weighted by Crippen LogP contribution is 2.29. The Labute approximate surface area is 133 Å². The van der Waals surface area contributed by atoms with Gasteiger partial charge in [-0.05, 0) is 43.0 Å². The standard InChI is InChI=1S/C16H24N2O2.ClH/c1-16(2)8-5-9-17-14(16)11-18-15(19)12-6-4-7-13(10-12)20-3;/h4,6-7,10,14,17H,5,8-9,11H2,1-3H3,(H,18,19);1H. The minimum absolute atomic E-state index is 0. The van der Waals surface area contributed by atoms with E-state index in [2.05, 4.69) is 24.5 Å². The molecule has 1 aromatic rings. The third kappa shape index (κ3) is 4.61. The van der Waals surface area contributed by atoms with E-state index in [1.165, 1.54) is 12.8 Å². The lowest BCUT2D eigenvalue weighted by Gasteiger charge is -2.39. The molecule has 1 aliphatic heterocycles. The molecule has 1 aliphatic rings. The molecule has 1 unspecified atom stereocenters. The van der Waals surface area contributed by atoms with Crippen molar-refractivity contribution in [2.45, 2.75) is 32.7 Å². The van der Waals surface area contributed by atoms with Crippen molar-refractivity contribution in [1.82, 2.24) is 10.6 Å². The summed E-state index contributed by atoms with van der Waals surface area (Å²) >= 11 is 0. The van der Waals surface area contributed by atoms with Gasteiger partial charge >= 0.3 is 0 Å². The van der Waals surface area contributed by atoms with E-state index >= 15 is 0 Å². The van der Waals surface area contributed by atoms with E-state index in [9.17, 15) is 4.79 Å². The molecule has 5 heteroatoms. The van der Waals surface area contributed by atoms with E-state index < -0.39 is 0 Å². The maximum absolute atomic E-state index is 12.2. The van der Waals surface area contributed by atoms with Gasteiger partial charge in [0, 0.05) is 18.2 Å². The summed E-state index contributed by atoms with van der Waals surface area (Å²) in [5, 5.41) is 6.52. The number of halogens is 1. The van der Waals surface area contributed by atoms with Crippen LogP contribution in [0.3, 0.4) is 0 Å². The molecule has 2 rings (SSSR count). The fourth-order valence-corrected chi connectivity index (χ4v) is 2.68. The first-order valence-corrected chi connectivity index (χ1v) is 7.18. The number of hydrogen-bond acceptors (Lipinski definition) is 3. The summed E-state index contributed by atoms with van der Waals surface area (Å²) in [5.41, 5.74) is 0.859. The normalized spacial score (nSPS) is 20.2. The van der Waals surface area contributed by atoms with Gasteiger partial charge in [-0.2, -0.15) is 0 Å². The summed E-state index contributed by atoms with van der Waals surface area (Å²) in [6.07, 6.45) is 2.40. The van der Waals surface area contributed by atoms with Crippen LogP contribution in [0.5, 0.6) is 5.75 Å². The molecule has 1 aromatic carbocycles. The number of hydrogen-bond donors (Lipinski definition) is 2. The Kier molecular flexibility index (Phi) is 6.49. The molecule has 0 aliphatic carbocycles. The van der Waals surface area contributed by atoms with E-state index in [0.29, 0.717) is 23.9 Å². The number of carbonyl (C=O) groups is 1. The van der Waals surface area contributed by atoms with Crippen LogP contribution in [0.2, 0.25) is 0 Å². The molecule has 1 saturated heterocycles. The molecule has 4 nitrogen and oxygen atoms in total. The molecule has 1 heterocycles. The number of rotatable bonds is 4. The van der Waals surface area contributed by atoms with Crippen molar-refractivity contribution < 1.29 is 9.53 Å². The number of benzene rings is 1. The van der Waals surface area contributed by atoms with Crippen LogP contribution in [0.4, 0.5) is 0 Å². The van der Waals surface area contributed by atoms with E-state index in [4.69, 9.17) is 4.74 Å². The van der Waals surface area contributed by atoms with Crippen LogP contribution in [0, 0.1) is 5.41 Å². The van der Waals surface area contributed by atoms with Crippen LogP contribution in [0.15, 0.2) is 24.3 Å². The van der Waals surface area contributed by atoms with E-state index in [-0.39, 0.29) is 23.7 Å². The minimum Gasteiger partial charge on any atom is -0.497 e. The molecule has 2 N–H and O–H groups in total. The first kappa shape index (κ1) is 17.8. The first-order valence-electron chi connectivity index (χ1n) is 7.18. The zero-order valence-corrected chi connectivity index (χ0v) is 13.8. The van der Waals surface area contributed by atoms with Crippen LogP contribution >= 0.6 is 12.4 Å². The number of nitrogens with one attached hydrogen (secondary N) is 2. The van der Waals surface area contributed by atoms with Crippen molar-refractivity contribution in [3.8, 4) is 5.75 Å². The molecule has 0 saturated carbocycles. The monoisotopic (exact) mass is 312 g/mol. The molecule has 118 valence electrons. The van der Waals surface area contributed by atoms with Crippen LogP contribution in [0.1, 0.15) is 37.0 Å². The number of piperidine rings is 1. The Hall–Kier alpha value is -1.26. The second-order valence-electron chi connectivity index (χ2n) is 6.04. The minimum atomic E-state index is -0.0490. The summed E-state index contributed by atoms with van der Waals surface area (Å²) in [6.45, 7) is 6.19. The summed E-state index contributed by atoms with van der Waals surface area (Å²) < 4.78 is 5.14. The summed E-state index contributed by atoms with van der Waals surface area (Å²) in [5.74, 6) is 0.654. The molecule has 1 atom stereocenters. The van der Waals surface area contributed by atoms with Crippen molar-refractivity contribution in [1.29, 1.82) is 0 Å². The Balaban J connectivity index is 0.00000220. The van der Waals surface area contributed by atoms with Crippen molar-refractivity contribution in [3.63, 3.8) is 0 Å². The SMILES string of the molecule is COc1cccc(C(=O)NCC2NCCCC2(C)C)c1.Cl. The number of amides is 1. The van der Waals surface area contributed by atoms with Gasteiger partial charge < -0.3 is 15.4 Å².